The number of fused-ring (bicyclic) bond motifs is 1. The molecule has 8 nitrogen and oxygen atoms in total. The second kappa shape index (κ2) is 7.09. The highest BCUT2D eigenvalue weighted by Crippen LogP contribution is 2.23. The maximum absolute atomic E-state index is 11.1. The van der Waals surface area contributed by atoms with Crippen molar-refractivity contribution in [1.82, 2.24) is 24.5 Å². The zero-order valence-corrected chi connectivity index (χ0v) is 14.4. The summed E-state index contributed by atoms with van der Waals surface area (Å²) in [6.45, 7) is 2.02. The first-order chi connectivity index (χ1) is 12.7. The summed E-state index contributed by atoms with van der Waals surface area (Å²) >= 11 is 0. The third-order valence-electron chi connectivity index (χ3n) is 4.64. The van der Waals surface area contributed by atoms with Crippen LogP contribution in [0.3, 0.4) is 0 Å². The number of nitrogens with two attached hydrogens (primary N) is 1. The van der Waals surface area contributed by atoms with Crippen LogP contribution in [0.15, 0.2) is 42.7 Å². The van der Waals surface area contributed by atoms with Gasteiger partial charge in [-0.15, -0.1) is 0 Å². The third kappa shape index (κ3) is 3.50. The number of primary amides is 1. The lowest BCUT2D eigenvalue weighted by atomic mass is 10.0. The number of anilines is 1. The molecule has 0 spiro atoms. The molecule has 3 N–H and O–H groups in total. The second-order valence-corrected chi connectivity index (χ2v) is 6.53. The molecule has 0 bridgehead atoms. The van der Waals surface area contributed by atoms with Gasteiger partial charge in [0, 0.05) is 30.8 Å². The van der Waals surface area contributed by atoms with Gasteiger partial charge in [0.25, 0.3) is 5.78 Å². The molecule has 0 saturated carbocycles. The van der Waals surface area contributed by atoms with Crippen LogP contribution in [0.25, 0.3) is 17.0 Å². The van der Waals surface area contributed by atoms with Crippen LogP contribution in [0, 0.1) is 0 Å². The molecule has 26 heavy (non-hydrogen) atoms. The number of carbonyl (C=O) groups is 1. The quantitative estimate of drug-likeness (QED) is 0.715. The number of amides is 1. The van der Waals surface area contributed by atoms with Gasteiger partial charge in [-0.1, -0.05) is 30.3 Å². The Kier molecular flexibility index (Phi) is 4.49. The summed E-state index contributed by atoms with van der Waals surface area (Å²) in [6.07, 6.45) is 3.39. The van der Waals surface area contributed by atoms with Gasteiger partial charge in [0.2, 0.25) is 5.91 Å². The first kappa shape index (κ1) is 16.5. The van der Waals surface area contributed by atoms with Crippen molar-refractivity contribution in [2.24, 2.45) is 5.73 Å². The Labute approximate surface area is 151 Å². The van der Waals surface area contributed by atoms with E-state index in [-0.39, 0.29) is 5.91 Å². The van der Waals surface area contributed by atoms with Gasteiger partial charge < -0.3 is 11.1 Å². The van der Waals surface area contributed by atoms with Gasteiger partial charge in [-0.25, -0.2) is 4.98 Å². The van der Waals surface area contributed by atoms with Crippen molar-refractivity contribution in [1.29, 1.82) is 0 Å². The fourth-order valence-electron chi connectivity index (χ4n) is 3.34. The molecule has 1 aromatic carbocycles. The Morgan fingerprint density at radius 3 is 2.73 bits per heavy atom. The standard InChI is InChI=1S/C18H21N7O/c19-16(26)11-24-8-6-14(7-9-24)22-17-10-15(13-4-2-1-3-5-13)23-18-20-12-21-25(17)18/h1-5,10,12,14,22H,6-9,11H2,(H2,19,26). The highest BCUT2D eigenvalue weighted by molar-refractivity contribution is 5.75. The fraction of sp³-hybridized carbons (Fsp3) is 0.333. The van der Waals surface area contributed by atoms with E-state index in [2.05, 4.69) is 25.3 Å². The van der Waals surface area contributed by atoms with E-state index < -0.39 is 0 Å². The zero-order valence-electron chi connectivity index (χ0n) is 14.4. The molecule has 2 aromatic heterocycles. The number of carbonyl (C=O) groups excluding carboxylic acids is 1. The van der Waals surface area contributed by atoms with E-state index in [1.165, 1.54) is 6.33 Å². The van der Waals surface area contributed by atoms with E-state index in [1.807, 2.05) is 36.4 Å². The molecule has 1 fully saturated rings. The molecular weight excluding hydrogens is 330 g/mol. The number of hydrogen-bond acceptors (Lipinski definition) is 6. The molecule has 0 radical (unpaired) electrons. The summed E-state index contributed by atoms with van der Waals surface area (Å²) in [5, 5.41) is 7.85. The summed E-state index contributed by atoms with van der Waals surface area (Å²) < 4.78 is 1.72. The normalized spacial score (nSPS) is 16.0. The summed E-state index contributed by atoms with van der Waals surface area (Å²) in [4.78, 5) is 22.0. The Balaban J connectivity index is 1.55. The van der Waals surface area contributed by atoms with Gasteiger partial charge >= 0.3 is 0 Å². The average molecular weight is 351 g/mol. The van der Waals surface area contributed by atoms with Crippen LogP contribution < -0.4 is 11.1 Å². The minimum atomic E-state index is -0.276. The summed E-state index contributed by atoms with van der Waals surface area (Å²) in [6, 6.07) is 12.3. The lowest BCUT2D eigenvalue weighted by molar-refractivity contribution is -0.119. The number of piperidine rings is 1. The van der Waals surface area contributed by atoms with Crippen LogP contribution >= 0.6 is 0 Å². The molecule has 0 atom stereocenters. The van der Waals surface area contributed by atoms with Crippen molar-refractivity contribution < 1.29 is 4.79 Å². The molecule has 3 aromatic rings. The van der Waals surface area contributed by atoms with Crippen LogP contribution in [0.4, 0.5) is 5.82 Å². The third-order valence-corrected chi connectivity index (χ3v) is 4.64. The van der Waals surface area contributed by atoms with E-state index in [4.69, 9.17) is 5.73 Å². The lowest BCUT2D eigenvalue weighted by Gasteiger charge is -2.32. The SMILES string of the molecule is NC(=O)CN1CCC(Nc2cc(-c3ccccc3)nc3ncnn23)CC1. The van der Waals surface area contributed by atoms with Crippen molar-refractivity contribution in [2.75, 3.05) is 25.0 Å². The molecule has 1 saturated heterocycles. The average Bonchev–Trinajstić information content (AvgIpc) is 3.12. The number of likely N-dealkylation sites (tertiary alicyclic amines) is 1. The van der Waals surface area contributed by atoms with Crippen molar-refractivity contribution in [3.05, 3.63) is 42.7 Å². The van der Waals surface area contributed by atoms with Crippen molar-refractivity contribution in [2.45, 2.75) is 18.9 Å². The molecule has 4 rings (SSSR count). The predicted octanol–water partition coefficient (Wildman–Crippen LogP) is 1.15. The van der Waals surface area contributed by atoms with Crippen molar-refractivity contribution in [3.63, 3.8) is 0 Å². The highest BCUT2D eigenvalue weighted by atomic mass is 16.1. The van der Waals surface area contributed by atoms with E-state index in [9.17, 15) is 4.79 Å². The Hall–Kier alpha value is -3.00. The van der Waals surface area contributed by atoms with Gasteiger partial charge in [0.15, 0.2) is 0 Å². The van der Waals surface area contributed by atoms with Crippen molar-refractivity contribution in [3.8, 4) is 11.3 Å². The van der Waals surface area contributed by atoms with E-state index >= 15 is 0 Å². The van der Waals surface area contributed by atoms with Crippen LogP contribution in [0.1, 0.15) is 12.8 Å². The van der Waals surface area contributed by atoms with E-state index in [0.29, 0.717) is 18.4 Å². The monoisotopic (exact) mass is 351 g/mol. The summed E-state index contributed by atoms with van der Waals surface area (Å²) in [5.74, 6) is 1.17. The van der Waals surface area contributed by atoms with Crippen molar-refractivity contribution >= 4 is 17.5 Å². The first-order valence-electron chi connectivity index (χ1n) is 8.72. The van der Waals surface area contributed by atoms with Crippen LogP contribution in [0.2, 0.25) is 0 Å². The Morgan fingerprint density at radius 2 is 2.00 bits per heavy atom. The number of rotatable bonds is 5. The smallest absolute Gasteiger partial charge is 0.254 e. The molecular formula is C18H21N7O. The van der Waals surface area contributed by atoms with Gasteiger partial charge in [0.05, 0.1) is 12.2 Å². The summed E-state index contributed by atoms with van der Waals surface area (Å²) in [5.41, 5.74) is 7.18. The van der Waals surface area contributed by atoms with Gasteiger partial charge in [-0.2, -0.15) is 14.6 Å². The number of hydrogen-bond donors (Lipinski definition) is 2. The van der Waals surface area contributed by atoms with E-state index in [1.54, 1.807) is 4.52 Å². The fourth-order valence-corrected chi connectivity index (χ4v) is 3.34. The van der Waals surface area contributed by atoms with Crippen LogP contribution in [-0.2, 0) is 4.79 Å². The highest BCUT2D eigenvalue weighted by Gasteiger charge is 2.21. The maximum Gasteiger partial charge on any atom is 0.254 e. The molecule has 1 aliphatic heterocycles. The van der Waals surface area contributed by atoms with Gasteiger partial charge in [-0.3, -0.25) is 9.69 Å². The second-order valence-electron chi connectivity index (χ2n) is 6.53. The molecule has 134 valence electrons. The van der Waals surface area contributed by atoms with E-state index in [0.717, 1.165) is 43.0 Å². The lowest BCUT2D eigenvalue weighted by Crippen LogP contribution is -2.43. The van der Waals surface area contributed by atoms with Gasteiger partial charge in [-0.05, 0) is 12.8 Å². The zero-order chi connectivity index (χ0) is 17.9. The van der Waals surface area contributed by atoms with Crippen LogP contribution in [0.5, 0.6) is 0 Å². The van der Waals surface area contributed by atoms with Gasteiger partial charge in [0.1, 0.15) is 12.1 Å². The topological polar surface area (TPSA) is 101 Å². The summed E-state index contributed by atoms with van der Waals surface area (Å²) in [7, 11) is 0. The molecule has 0 aliphatic carbocycles. The molecule has 3 heterocycles. The maximum atomic E-state index is 11.1. The molecule has 8 heteroatoms. The minimum absolute atomic E-state index is 0.276. The number of benzene rings is 1. The predicted molar refractivity (Wildman–Crippen MR) is 98.5 cm³/mol. The molecule has 1 aliphatic rings. The number of nitrogens with zero attached hydrogens (tertiary/aromatic N) is 5. The molecule has 1 amide bonds. The number of nitrogens with one attached hydrogen (secondary N) is 1. The first-order valence-corrected chi connectivity index (χ1v) is 8.72. The minimum Gasteiger partial charge on any atom is -0.369 e. The largest absolute Gasteiger partial charge is 0.369 e. The Bertz CT molecular complexity index is 900. The molecule has 0 unspecified atom stereocenters. The Morgan fingerprint density at radius 1 is 1.23 bits per heavy atom. The number of aromatic nitrogens is 4. The van der Waals surface area contributed by atoms with Crippen LogP contribution in [-0.4, -0.2) is 56.1 Å².